The lowest BCUT2D eigenvalue weighted by Crippen LogP contribution is -2.49. The van der Waals surface area contributed by atoms with Crippen molar-refractivity contribution in [3.05, 3.63) is 30.1 Å². The van der Waals surface area contributed by atoms with Gasteiger partial charge in [0.2, 0.25) is 5.91 Å². The Labute approximate surface area is 169 Å². The van der Waals surface area contributed by atoms with E-state index in [1.807, 2.05) is 4.90 Å². The fraction of sp³-hybridized carbons (Fsp3) is 0.571. The molecule has 29 heavy (non-hydrogen) atoms. The third kappa shape index (κ3) is 3.93. The van der Waals surface area contributed by atoms with E-state index in [0.29, 0.717) is 51.9 Å². The van der Waals surface area contributed by atoms with Gasteiger partial charge in [0, 0.05) is 44.8 Å². The Morgan fingerprint density at radius 1 is 1.03 bits per heavy atom. The molecule has 156 valence electrons. The quantitative estimate of drug-likeness (QED) is 0.766. The van der Waals surface area contributed by atoms with Crippen LogP contribution in [0.4, 0.5) is 14.9 Å². The summed E-state index contributed by atoms with van der Waals surface area (Å²) in [5, 5.41) is 2.87. The van der Waals surface area contributed by atoms with Gasteiger partial charge >= 0.3 is 6.03 Å². The Morgan fingerprint density at radius 2 is 1.69 bits per heavy atom. The van der Waals surface area contributed by atoms with Gasteiger partial charge < -0.3 is 15.1 Å². The first-order chi connectivity index (χ1) is 14.0. The number of nitrogens with one attached hydrogen (secondary N) is 1. The molecule has 1 saturated carbocycles. The highest BCUT2D eigenvalue weighted by atomic mass is 19.1. The molecule has 7 nitrogen and oxygen atoms in total. The van der Waals surface area contributed by atoms with Crippen LogP contribution in [0, 0.1) is 5.82 Å². The Bertz CT molecular complexity index is 784. The average Bonchev–Trinajstić information content (AvgIpc) is 3.29. The minimum absolute atomic E-state index is 0.0476. The van der Waals surface area contributed by atoms with E-state index in [-0.39, 0.29) is 30.2 Å². The van der Waals surface area contributed by atoms with Gasteiger partial charge in [-0.1, -0.05) is 12.8 Å². The normalized spacial score (nSPS) is 21.2. The van der Waals surface area contributed by atoms with Crippen LogP contribution < -0.4 is 10.2 Å². The third-order valence-electron chi connectivity index (χ3n) is 6.30. The number of carbonyl (C=O) groups is 3. The van der Waals surface area contributed by atoms with Gasteiger partial charge in [0.1, 0.15) is 11.4 Å². The van der Waals surface area contributed by atoms with E-state index in [9.17, 15) is 18.8 Å². The van der Waals surface area contributed by atoms with Crippen molar-refractivity contribution in [3.8, 4) is 0 Å². The van der Waals surface area contributed by atoms with E-state index in [0.717, 1.165) is 18.5 Å². The SMILES string of the molecule is O=C(CCCN1C(=O)NC2(CCCC2)C1=O)N1CCN(c2ccc(F)cc2)CC1. The highest BCUT2D eigenvalue weighted by molar-refractivity contribution is 6.07. The summed E-state index contributed by atoms with van der Waals surface area (Å²) in [6.07, 6.45) is 4.15. The van der Waals surface area contributed by atoms with Gasteiger partial charge in [-0.15, -0.1) is 0 Å². The summed E-state index contributed by atoms with van der Waals surface area (Å²) in [4.78, 5) is 42.6. The van der Waals surface area contributed by atoms with Crippen LogP contribution in [0.5, 0.6) is 0 Å². The summed E-state index contributed by atoms with van der Waals surface area (Å²) in [6.45, 7) is 2.92. The largest absolute Gasteiger partial charge is 0.368 e. The number of anilines is 1. The predicted octanol–water partition coefficient (Wildman–Crippen LogP) is 2.12. The van der Waals surface area contributed by atoms with Crippen molar-refractivity contribution in [2.24, 2.45) is 0 Å². The van der Waals surface area contributed by atoms with Crippen LogP contribution in [0.15, 0.2) is 24.3 Å². The number of halogens is 1. The maximum atomic E-state index is 13.1. The number of hydrogen-bond acceptors (Lipinski definition) is 4. The lowest BCUT2D eigenvalue weighted by Gasteiger charge is -2.36. The van der Waals surface area contributed by atoms with E-state index in [2.05, 4.69) is 10.2 Å². The smallest absolute Gasteiger partial charge is 0.325 e. The number of carbonyl (C=O) groups excluding carboxylic acids is 3. The number of hydrogen-bond donors (Lipinski definition) is 1. The number of piperazine rings is 1. The van der Waals surface area contributed by atoms with Crippen molar-refractivity contribution >= 4 is 23.5 Å². The number of amides is 4. The molecule has 0 bridgehead atoms. The zero-order valence-electron chi connectivity index (χ0n) is 16.5. The fourth-order valence-corrected chi connectivity index (χ4v) is 4.61. The Hall–Kier alpha value is -2.64. The van der Waals surface area contributed by atoms with Crippen molar-refractivity contribution in [2.75, 3.05) is 37.6 Å². The molecule has 0 atom stereocenters. The second-order valence-electron chi connectivity index (χ2n) is 8.12. The Morgan fingerprint density at radius 3 is 2.34 bits per heavy atom. The van der Waals surface area contributed by atoms with Crippen LogP contribution >= 0.6 is 0 Å². The minimum atomic E-state index is -0.683. The molecule has 3 aliphatic rings. The van der Waals surface area contributed by atoms with Crippen molar-refractivity contribution in [1.82, 2.24) is 15.1 Å². The van der Waals surface area contributed by atoms with Gasteiger partial charge in [-0.3, -0.25) is 14.5 Å². The minimum Gasteiger partial charge on any atom is -0.368 e. The first-order valence-electron chi connectivity index (χ1n) is 10.4. The van der Waals surface area contributed by atoms with E-state index in [1.54, 1.807) is 12.1 Å². The van der Waals surface area contributed by atoms with Crippen LogP contribution in [0.3, 0.4) is 0 Å². The third-order valence-corrected chi connectivity index (χ3v) is 6.30. The zero-order valence-corrected chi connectivity index (χ0v) is 16.5. The summed E-state index contributed by atoms with van der Waals surface area (Å²) in [6, 6.07) is 6.07. The molecule has 0 aromatic heterocycles. The van der Waals surface area contributed by atoms with Crippen molar-refractivity contribution in [1.29, 1.82) is 0 Å². The van der Waals surface area contributed by atoms with Crippen LogP contribution in [0.1, 0.15) is 38.5 Å². The molecule has 1 aromatic carbocycles. The lowest BCUT2D eigenvalue weighted by atomic mass is 9.98. The van der Waals surface area contributed by atoms with Crippen LogP contribution in [0.25, 0.3) is 0 Å². The predicted molar refractivity (Wildman–Crippen MR) is 106 cm³/mol. The molecule has 0 unspecified atom stereocenters. The average molecular weight is 402 g/mol. The van der Waals surface area contributed by atoms with E-state index in [4.69, 9.17) is 0 Å². The summed E-state index contributed by atoms with van der Waals surface area (Å²) < 4.78 is 13.1. The van der Waals surface area contributed by atoms with Crippen LogP contribution in [-0.4, -0.2) is 65.9 Å². The molecular weight excluding hydrogens is 375 g/mol. The Kier molecular flexibility index (Phi) is 5.43. The monoisotopic (exact) mass is 402 g/mol. The van der Waals surface area contributed by atoms with Gasteiger partial charge in [-0.2, -0.15) is 0 Å². The van der Waals surface area contributed by atoms with Gasteiger partial charge in [-0.25, -0.2) is 9.18 Å². The Balaban J connectivity index is 1.22. The molecule has 8 heteroatoms. The van der Waals surface area contributed by atoms with Crippen molar-refractivity contribution in [2.45, 2.75) is 44.1 Å². The maximum absolute atomic E-state index is 13.1. The van der Waals surface area contributed by atoms with Gasteiger partial charge in [-0.05, 0) is 43.5 Å². The number of rotatable bonds is 5. The van der Waals surface area contributed by atoms with Gasteiger partial charge in [0.25, 0.3) is 5.91 Å². The molecular formula is C21H27FN4O3. The molecule has 4 rings (SSSR count). The number of imide groups is 1. The first kappa shape index (κ1) is 19.7. The second-order valence-corrected chi connectivity index (χ2v) is 8.12. The standard InChI is InChI=1S/C21H27FN4O3/c22-16-5-7-17(8-6-16)24-12-14-25(15-13-24)18(27)4-3-11-26-19(28)21(23-20(26)29)9-1-2-10-21/h5-8H,1-4,9-15H2,(H,23,29). The molecule has 1 aromatic rings. The molecule has 1 spiro atoms. The molecule has 3 fully saturated rings. The van der Waals surface area contributed by atoms with E-state index >= 15 is 0 Å². The van der Waals surface area contributed by atoms with Gasteiger partial charge in [0.05, 0.1) is 0 Å². The highest BCUT2D eigenvalue weighted by Gasteiger charge is 2.52. The van der Waals surface area contributed by atoms with Crippen molar-refractivity contribution < 1.29 is 18.8 Å². The fourth-order valence-electron chi connectivity index (χ4n) is 4.61. The molecule has 1 N–H and O–H groups in total. The lowest BCUT2D eigenvalue weighted by molar-refractivity contribution is -0.133. The number of urea groups is 1. The molecule has 2 saturated heterocycles. The molecule has 2 heterocycles. The summed E-state index contributed by atoms with van der Waals surface area (Å²) in [7, 11) is 0. The molecule has 4 amide bonds. The van der Waals surface area contributed by atoms with E-state index < -0.39 is 5.54 Å². The highest BCUT2D eigenvalue weighted by Crippen LogP contribution is 2.35. The topological polar surface area (TPSA) is 73.0 Å². The molecule has 1 aliphatic carbocycles. The zero-order chi connectivity index (χ0) is 20.4. The summed E-state index contributed by atoms with van der Waals surface area (Å²) >= 11 is 0. The van der Waals surface area contributed by atoms with E-state index in [1.165, 1.54) is 17.0 Å². The van der Waals surface area contributed by atoms with Crippen LogP contribution in [0.2, 0.25) is 0 Å². The second kappa shape index (κ2) is 8.00. The van der Waals surface area contributed by atoms with Crippen molar-refractivity contribution in [3.63, 3.8) is 0 Å². The maximum Gasteiger partial charge on any atom is 0.325 e. The molecule has 0 radical (unpaired) electrons. The number of nitrogens with zero attached hydrogens (tertiary/aromatic N) is 3. The van der Waals surface area contributed by atoms with Gasteiger partial charge in [0.15, 0.2) is 0 Å². The molecule has 2 aliphatic heterocycles. The summed E-state index contributed by atoms with van der Waals surface area (Å²) in [5.74, 6) is -0.335. The summed E-state index contributed by atoms with van der Waals surface area (Å²) in [5.41, 5.74) is 0.274. The first-order valence-corrected chi connectivity index (χ1v) is 10.4. The van der Waals surface area contributed by atoms with Crippen LogP contribution in [-0.2, 0) is 9.59 Å². The number of benzene rings is 1.